The van der Waals surface area contributed by atoms with Crippen molar-refractivity contribution in [3.8, 4) is 5.75 Å². The summed E-state index contributed by atoms with van der Waals surface area (Å²) in [6.07, 6.45) is 3.09. The second-order valence-corrected chi connectivity index (χ2v) is 7.54. The molecular formula is C17H15ClFNO2S. The highest BCUT2D eigenvalue weighted by Crippen LogP contribution is 2.52. The van der Waals surface area contributed by atoms with E-state index in [9.17, 15) is 14.3 Å². The zero-order chi connectivity index (χ0) is 16.1. The fourth-order valence-corrected chi connectivity index (χ4v) is 5.01. The van der Waals surface area contributed by atoms with Gasteiger partial charge in [-0.2, -0.15) is 0 Å². The van der Waals surface area contributed by atoms with Crippen LogP contribution in [0.4, 0.5) is 4.39 Å². The van der Waals surface area contributed by atoms with Crippen LogP contribution in [0.25, 0.3) is 0 Å². The van der Waals surface area contributed by atoms with E-state index >= 15 is 0 Å². The van der Waals surface area contributed by atoms with E-state index in [1.54, 1.807) is 11.8 Å². The first-order valence-corrected chi connectivity index (χ1v) is 8.99. The number of rotatable bonds is 1. The molecule has 3 aliphatic rings. The first kappa shape index (κ1) is 15.1. The van der Waals surface area contributed by atoms with Crippen LogP contribution in [-0.4, -0.2) is 16.6 Å². The number of allylic oxidation sites excluding steroid dienone is 4. The van der Waals surface area contributed by atoms with Crippen LogP contribution in [0.15, 0.2) is 34.0 Å². The molecule has 1 unspecified atom stereocenters. The number of phenols is 1. The largest absolute Gasteiger partial charge is 0.508 e. The Bertz CT molecular complexity index is 787. The monoisotopic (exact) mass is 351 g/mol. The van der Waals surface area contributed by atoms with Gasteiger partial charge in [-0.1, -0.05) is 11.6 Å². The second kappa shape index (κ2) is 5.56. The van der Waals surface area contributed by atoms with Gasteiger partial charge >= 0.3 is 0 Å². The minimum atomic E-state index is -0.653. The number of Topliss-reactive ketones (excluding diaryl/α,β-unsaturated/α-hetero) is 1. The third kappa shape index (κ3) is 2.37. The number of phenolic OH excluding ortho intramolecular Hbond substituents is 1. The summed E-state index contributed by atoms with van der Waals surface area (Å²) in [6, 6.07) is 2.49. The van der Waals surface area contributed by atoms with Gasteiger partial charge in [-0.05, 0) is 25.3 Å². The Morgan fingerprint density at radius 3 is 2.91 bits per heavy atom. The van der Waals surface area contributed by atoms with Gasteiger partial charge in [0.1, 0.15) is 11.6 Å². The highest BCUT2D eigenvalue weighted by Gasteiger charge is 2.39. The standard InChI is InChI=1S/C17H15ClFNO2S/c18-9-6-8(14(22)7-10(9)19)15-16-11(2-1-3-13(16)21)20-12-4-5-23-17(12)15/h6-7,15,20,22H,1-5H2. The first-order chi connectivity index (χ1) is 11.1. The van der Waals surface area contributed by atoms with E-state index in [0.29, 0.717) is 17.6 Å². The molecule has 1 aromatic rings. The van der Waals surface area contributed by atoms with Crippen LogP contribution >= 0.6 is 23.4 Å². The molecule has 0 fully saturated rings. The van der Waals surface area contributed by atoms with Crippen molar-refractivity contribution in [3.63, 3.8) is 0 Å². The van der Waals surface area contributed by atoms with Crippen LogP contribution in [-0.2, 0) is 4.79 Å². The maximum atomic E-state index is 13.6. The van der Waals surface area contributed by atoms with Gasteiger partial charge in [0.15, 0.2) is 5.78 Å². The number of dihydropyridines is 1. The minimum absolute atomic E-state index is 0.0353. The number of ketones is 1. The molecule has 0 radical (unpaired) electrons. The Balaban J connectivity index is 1.92. The van der Waals surface area contributed by atoms with E-state index in [-0.39, 0.29) is 22.5 Å². The van der Waals surface area contributed by atoms with Crippen molar-refractivity contribution >= 4 is 29.1 Å². The summed E-state index contributed by atoms with van der Waals surface area (Å²) in [5, 5.41) is 13.7. The molecule has 0 saturated heterocycles. The Morgan fingerprint density at radius 2 is 2.09 bits per heavy atom. The molecule has 23 heavy (non-hydrogen) atoms. The smallest absolute Gasteiger partial charge is 0.161 e. The van der Waals surface area contributed by atoms with Gasteiger partial charge < -0.3 is 10.4 Å². The van der Waals surface area contributed by atoms with Gasteiger partial charge in [0.25, 0.3) is 0 Å². The van der Waals surface area contributed by atoms with Crippen molar-refractivity contribution in [1.82, 2.24) is 5.32 Å². The second-order valence-electron chi connectivity index (χ2n) is 5.99. The van der Waals surface area contributed by atoms with E-state index in [4.69, 9.17) is 11.6 Å². The Kier molecular flexibility index (Phi) is 3.65. The molecule has 0 spiro atoms. The van der Waals surface area contributed by atoms with Crippen molar-refractivity contribution in [2.24, 2.45) is 0 Å². The molecule has 120 valence electrons. The lowest BCUT2D eigenvalue weighted by molar-refractivity contribution is -0.116. The molecule has 0 aromatic heterocycles. The highest BCUT2D eigenvalue weighted by atomic mass is 35.5. The number of carbonyl (C=O) groups excluding carboxylic acids is 1. The molecule has 1 aliphatic carbocycles. The predicted octanol–water partition coefficient (Wildman–Crippen LogP) is 4.23. The van der Waals surface area contributed by atoms with E-state index in [1.165, 1.54) is 6.07 Å². The number of benzene rings is 1. The molecule has 2 N–H and O–H groups in total. The van der Waals surface area contributed by atoms with Crippen molar-refractivity contribution in [2.45, 2.75) is 31.6 Å². The quantitative estimate of drug-likeness (QED) is 0.795. The zero-order valence-electron chi connectivity index (χ0n) is 12.3. The zero-order valence-corrected chi connectivity index (χ0v) is 13.9. The molecule has 2 heterocycles. The molecular weight excluding hydrogens is 337 g/mol. The first-order valence-electron chi connectivity index (χ1n) is 7.63. The summed E-state index contributed by atoms with van der Waals surface area (Å²) in [5.74, 6) is -0.0940. The molecule has 3 nitrogen and oxygen atoms in total. The summed E-state index contributed by atoms with van der Waals surface area (Å²) >= 11 is 7.62. The maximum absolute atomic E-state index is 13.6. The summed E-state index contributed by atoms with van der Waals surface area (Å²) in [4.78, 5) is 13.6. The van der Waals surface area contributed by atoms with Crippen LogP contribution in [0.1, 0.15) is 37.2 Å². The molecule has 2 aliphatic heterocycles. The number of hydrogen-bond acceptors (Lipinski definition) is 4. The number of hydrogen-bond donors (Lipinski definition) is 2. The van der Waals surface area contributed by atoms with Crippen LogP contribution in [0.3, 0.4) is 0 Å². The number of aromatic hydroxyl groups is 1. The normalized spacial score (nSPS) is 23.7. The average Bonchev–Trinajstić information content (AvgIpc) is 2.97. The maximum Gasteiger partial charge on any atom is 0.161 e. The lowest BCUT2D eigenvalue weighted by atomic mass is 9.79. The van der Waals surface area contributed by atoms with Gasteiger partial charge in [0, 0.05) is 45.7 Å². The lowest BCUT2D eigenvalue weighted by Crippen LogP contribution is -2.30. The fraction of sp³-hybridized carbons (Fsp3) is 0.353. The number of nitrogens with one attached hydrogen (secondary N) is 1. The van der Waals surface area contributed by atoms with Gasteiger partial charge in [-0.3, -0.25) is 4.79 Å². The van der Waals surface area contributed by atoms with Crippen LogP contribution in [0, 0.1) is 5.82 Å². The average molecular weight is 352 g/mol. The molecule has 1 atom stereocenters. The molecule has 0 bridgehead atoms. The third-order valence-electron chi connectivity index (χ3n) is 4.60. The van der Waals surface area contributed by atoms with Gasteiger partial charge in [0.2, 0.25) is 0 Å². The van der Waals surface area contributed by atoms with Crippen molar-refractivity contribution in [1.29, 1.82) is 0 Å². The lowest BCUT2D eigenvalue weighted by Gasteiger charge is -2.33. The molecule has 0 saturated carbocycles. The van der Waals surface area contributed by atoms with Crippen molar-refractivity contribution in [3.05, 3.63) is 50.4 Å². The number of carbonyl (C=O) groups is 1. The van der Waals surface area contributed by atoms with Crippen LogP contribution in [0.2, 0.25) is 5.02 Å². The highest BCUT2D eigenvalue weighted by molar-refractivity contribution is 8.03. The Morgan fingerprint density at radius 1 is 1.26 bits per heavy atom. The Labute approximate surface area is 142 Å². The van der Waals surface area contributed by atoms with Crippen LogP contribution < -0.4 is 5.32 Å². The topological polar surface area (TPSA) is 49.3 Å². The van der Waals surface area contributed by atoms with E-state index in [0.717, 1.165) is 47.4 Å². The van der Waals surface area contributed by atoms with Gasteiger partial charge in [-0.25, -0.2) is 4.39 Å². The van der Waals surface area contributed by atoms with Crippen molar-refractivity contribution < 1.29 is 14.3 Å². The van der Waals surface area contributed by atoms with Crippen LogP contribution in [0.5, 0.6) is 5.75 Å². The number of thioether (sulfide) groups is 1. The van der Waals surface area contributed by atoms with E-state index in [2.05, 4.69) is 5.32 Å². The minimum Gasteiger partial charge on any atom is -0.508 e. The SMILES string of the molecule is O=C1CCCC2=C1C(c1cc(Cl)c(F)cc1O)C1=C(CCS1)N2. The summed E-state index contributed by atoms with van der Waals surface area (Å²) in [7, 11) is 0. The van der Waals surface area contributed by atoms with Gasteiger partial charge in [-0.15, -0.1) is 11.8 Å². The molecule has 4 rings (SSSR count). The Hall–Kier alpha value is -1.46. The number of halogens is 2. The molecule has 1 aromatic carbocycles. The third-order valence-corrected chi connectivity index (χ3v) is 6.09. The summed E-state index contributed by atoms with van der Waals surface area (Å²) in [5.41, 5.74) is 3.30. The predicted molar refractivity (Wildman–Crippen MR) is 88.9 cm³/mol. The van der Waals surface area contributed by atoms with E-state index < -0.39 is 5.82 Å². The van der Waals surface area contributed by atoms with Crippen molar-refractivity contribution in [2.75, 3.05) is 5.75 Å². The molecule has 0 amide bonds. The van der Waals surface area contributed by atoms with E-state index in [1.807, 2.05) is 0 Å². The fourth-order valence-electron chi connectivity index (χ4n) is 3.58. The molecule has 6 heteroatoms. The van der Waals surface area contributed by atoms with Gasteiger partial charge in [0.05, 0.1) is 10.9 Å². The summed E-state index contributed by atoms with van der Waals surface area (Å²) < 4.78 is 13.6. The summed E-state index contributed by atoms with van der Waals surface area (Å²) in [6.45, 7) is 0.